The summed E-state index contributed by atoms with van der Waals surface area (Å²) < 4.78 is 31.7. The lowest BCUT2D eigenvalue weighted by atomic mass is 9.86. The molecule has 0 saturated heterocycles. The highest BCUT2D eigenvalue weighted by Gasteiger charge is 2.38. The van der Waals surface area contributed by atoms with E-state index in [1.165, 1.54) is 5.56 Å². The number of halogens is 3. The lowest BCUT2D eigenvalue weighted by Gasteiger charge is -2.29. The van der Waals surface area contributed by atoms with Crippen LogP contribution in [-0.4, -0.2) is 53.2 Å². The Morgan fingerprint density at radius 3 is 2.41 bits per heavy atom. The zero-order valence-electron chi connectivity index (χ0n) is 23.1. The van der Waals surface area contributed by atoms with E-state index in [2.05, 4.69) is 36.1 Å². The predicted octanol–water partition coefficient (Wildman–Crippen LogP) is 4.54. The number of nitrogens with one attached hydrogen (secondary N) is 2. The Hall–Kier alpha value is -4.04. The summed E-state index contributed by atoms with van der Waals surface area (Å²) in [6, 6.07) is 7.91. The number of H-pyrrole nitrogens is 1. The van der Waals surface area contributed by atoms with Crippen molar-refractivity contribution in [1.29, 1.82) is 0 Å². The van der Waals surface area contributed by atoms with Crippen LogP contribution in [0.2, 0.25) is 0 Å². The van der Waals surface area contributed by atoms with E-state index in [4.69, 9.17) is 22.1 Å². The van der Waals surface area contributed by atoms with Gasteiger partial charge in [0.2, 0.25) is 0 Å². The normalized spacial score (nSPS) is 19.3. The van der Waals surface area contributed by atoms with Gasteiger partial charge in [-0.1, -0.05) is 19.8 Å². The summed E-state index contributed by atoms with van der Waals surface area (Å²) in [5, 5.41) is 9.84. The minimum absolute atomic E-state index is 0.0132. The standard InChI is InChI=1S/C28H34N4O2.C2HF3O2/c1-4-13-30-27(33)20-9-12-26-23(15-20)24(16-25-19(5-2)14-22(6-3)31-25)28(34)32(26)17-18-7-10-21(29)11-8-18;3-2(4,5)1(6)7/h1,9,12,14-16,18,21,31H,5-8,10-11,13,17,29H2,2-3H3,(H,30,33);(H,6,7)/b24-16-;. The van der Waals surface area contributed by atoms with Crippen molar-refractivity contribution in [3.63, 3.8) is 0 Å². The number of carbonyl (C=O) groups excluding carboxylic acids is 2. The third-order valence-electron chi connectivity index (χ3n) is 7.28. The molecule has 2 aromatic rings. The number of aryl methyl sites for hydroxylation is 2. The number of carbonyl (C=O) groups is 3. The van der Waals surface area contributed by atoms with Crippen molar-refractivity contribution in [3.8, 4) is 12.3 Å². The number of anilines is 1. The van der Waals surface area contributed by atoms with Crippen LogP contribution in [0.15, 0.2) is 24.3 Å². The first-order chi connectivity index (χ1) is 19.4. The number of alkyl halides is 3. The average Bonchev–Trinajstić information content (AvgIpc) is 3.46. The van der Waals surface area contributed by atoms with Crippen molar-refractivity contribution >= 4 is 35.1 Å². The number of aromatic amines is 1. The minimum Gasteiger partial charge on any atom is -0.475 e. The maximum absolute atomic E-state index is 13.7. The number of fused-ring (bicyclic) bond motifs is 1. The molecule has 8 nitrogen and oxygen atoms in total. The summed E-state index contributed by atoms with van der Waals surface area (Å²) in [6.07, 6.45) is 7.99. The quantitative estimate of drug-likeness (QED) is 0.286. The molecule has 2 heterocycles. The molecule has 0 spiro atoms. The van der Waals surface area contributed by atoms with Crippen LogP contribution in [0.25, 0.3) is 11.6 Å². The number of aromatic nitrogens is 1. The molecule has 1 aliphatic carbocycles. The molecule has 1 fully saturated rings. The SMILES string of the molecule is C#CCNC(=O)c1ccc2c(c1)/C(=C/c1[nH]c(CC)cc1CC)C(=O)N2CC1CCC(N)CC1.O=C(O)C(F)(F)F. The molecular weight excluding hydrogens is 537 g/mol. The third kappa shape index (κ3) is 7.79. The van der Waals surface area contributed by atoms with Crippen molar-refractivity contribution in [2.24, 2.45) is 11.7 Å². The first-order valence-corrected chi connectivity index (χ1v) is 13.6. The average molecular weight is 573 g/mol. The molecular formula is C30H35F3N4O4. The second-order valence-electron chi connectivity index (χ2n) is 10.1. The molecule has 0 bridgehead atoms. The highest BCUT2D eigenvalue weighted by molar-refractivity contribution is 6.36. The van der Waals surface area contributed by atoms with Gasteiger partial charge in [-0.05, 0) is 80.3 Å². The monoisotopic (exact) mass is 572 g/mol. The maximum atomic E-state index is 13.7. The van der Waals surface area contributed by atoms with E-state index >= 15 is 0 Å². The van der Waals surface area contributed by atoms with E-state index in [0.717, 1.165) is 61.2 Å². The number of rotatable bonds is 7. The molecule has 0 unspecified atom stereocenters. The molecule has 1 aromatic carbocycles. The molecule has 5 N–H and O–H groups in total. The van der Waals surface area contributed by atoms with E-state index in [0.29, 0.717) is 23.6 Å². The zero-order valence-corrected chi connectivity index (χ0v) is 23.1. The molecule has 4 rings (SSSR count). The van der Waals surface area contributed by atoms with Crippen LogP contribution in [0, 0.1) is 18.3 Å². The second-order valence-corrected chi connectivity index (χ2v) is 10.1. The number of nitrogens with zero attached hydrogens (tertiary/aromatic N) is 1. The summed E-state index contributed by atoms with van der Waals surface area (Å²) in [6.45, 7) is 5.06. The van der Waals surface area contributed by atoms with Crippen LogP contribution in [0.5, 0.6) is 0 Å². The Kier molecular flexibility index (Phi) is 10.4. The van der Waals surface area contributed by atoms with Gasteiger partial charge in [0.05, 0.1) is 17.8 Å². The molecule has 2 amide bonds. The largest absolute Gasteiger partial charge is 0.490 e. The van der Waals surface area contributed by atoms with E-state index in [-0.39, 0.29) is 24.4 Å². The third-order valence-corrected chi connectivity index (χ3v) is 7.28. The fourth-order valence-corrected chi connectivity index (χ4v) is 5.01. The van der Waals surface area contributed by atoms with Gasteiger partial charge < -0.3 is 26.0 Å². The summed E-state index contributed by atoms with van der Waals surface area (Å²) in [5.41, 5.74) is 12.1. The molecule has 11 heteroatoms. The highest BCUT2D eigenvalue weighted by atomic mass is 19.4. The van der Waals surface area contributed by atoms with E-state index < -0.39 is 12.1 Å². The Morgan fingerprint density at radius 1 is 1.20 bits per heavy atom. The van der Waals surface area contributed by atoms with Gasteiger partial charge in [0.15, 0.2) is 0 Å². The van der Waals surface area contributed by atoms with Crippen molar-refractivity contribution in [2.45, 2.75) is 64.6 Å². The van der Waals surface area contributed by atoms with Crippen LogP contribution >= 0.6 is 0 Å². The molecule has 1 saturated carbocycles. The lowest BCUT2D eigenvalue weighted by Crippen LogP contribution is -2.36. The number of terminal acetylenes is 1. The van der Waals surface area contributed by atoms with Crippen molar-refractivity contribution in [2.75, 3.05) is 18.0 Å². The maximum Gasteiger partial charge on any atom is 0.490 e. The van der Waals surface area contributed by atoms with Gasteiger partial charge in [-0.25, -0.2) is 4.79 Å². The highest BCUT2D eigenvalue weighted by Crippen LogP contribution is 2.40. The van der Waals surface area contributed by atoms with Crippen LogP contribution in [0.4, 0.5) is 18.9 Å². The Bertz CT molecular complexity index is 1350. The number of carboxylic acids is 1. The number of hydrogen-bond acceptors (Lipinski definition) is 4. The summed E-state index contributed by atoms with van der Waals surface area (Å²) >= 11 is 0. The van der Waals surface area contributed by atoms with E-state index in [1.54, 1.807) is 6.07 Å². The zero-order chi connectivity index (χ0) is 30.3. The van der Waals surface area contributed by atoms with Crippen LogP contribution < -0.4 is 16.0 Å². The number of amides is 2. The first-order valence-electron chi connectivity index (χ1n) is 13.6. The summed E-state index contributed by atoms with van der Waals surface area (Å²) in [5.74, 6) is -0.156. The molecule has 0 atom stereocenters. The van der Waals surface area contributed by atoms with Gasteiger partial charge in [0.1, 0.15) is 0 Å². The van der Waals surface area contributed by atoms with E-state index in [9.17, 15) is 22.8 Å². The minimum atomic E-state index is -5.08. The number of nitrogens with two attached hydrogens (primary N) is 1. The molecule has 2 aliphatic rings. The van der Waals surface area contributed by atoms with Crippen LogP contribution in [-0.2, 0) is 22.4 Å². The van der Waals surface area contributed by atoms with Crippen molar-refractivity contribution in [1.82, 2.24) is 10.3 Å². The fourth-order valence-electron chi connectivity index (χ4n) is 5.01. The smallest absolute Gasteiger partial charge is 0.475 e. The molecule has 41 heavy (non-hydrogen) atoms. The van der Waals surface area contributed by atoms with Gasteiger partial charge >= 0.3 is 12.1 Å². The molecule has 0 radical (unpaired) electrons. The van der Waals surface area contributed by atoms with Crippen LogP contribution in [0.3, 0.4) is 0 Å². The van der Waals surface area contributed by atoms with Gasteiger partial charge in [-0.2, -0.15) is 13.2 Å². The van der Waals surface area contributed by atoms with Gasteiger partial charge in [-0.15, -0.1) is 6.42 Å². The van der Waals surface area contributed by atoms with Gasteiger partial charge in [0.25, 0.3) is 11.8 Å². The topological polar surface area (TPSA) is 129 Å². The predicted molar refractivity (Wildman–Crippen MR) is 151 cm³/mol. The lowest BCUT2D eigenvalue weighted by molar-refractivity contribution is -0.192. The number of aliphatic carboxylic acids is 1. The Balaban J connectivity index is 0.000000587. The number of hydrogen-bond donors (Lipinski definition) is 4. The van der Waals surface area contributed by atoms with E-state index in [1.807, 2.05) is 23.1 Å². The van der Waals surface area contributed by atoms with Gasteiger partial charge in [-0.3, -0.25) is 9.59 Å². The Morgan fingerprint density at radius 2 is 1.85 bits per heavy atom. The van der Waals surface area contributed by atoms with Crippen LogP contribution in [0.1, 0.15) is 72.4 Å². The number of benzene rings is 1. The summed E-state index contributed by atoms with van der Waals surface area (Å²) in [4.78, 5) is 40.6. The van der Waals surface area contributed by atoms with Crippen molar-refractivity contribution < 1.29 is 32.7 Å². The van der Waals surface area contributed by atoms with Crippen molar-refractivity contribution in [3.05, 3.63) is 52.3 Å². The molecule has 1 aliphatic heterocycles. The number of carboxylic acid groups (broad SMARTS) is 1. The molecule has 220 valence electrons. The first kappa shape index (κ1) is 31.5. The Labute approximate surface area is 237 Å². The second kappa shape index (κ2) is 13.5. The van der Waals surface area contributed by atoms with Gasteiger partial charge in [0, 0.05) is 35.1 Å². The summed E-state index contributed by atoms with van der Waals surface area (Å²) in [7, 11) is 0. The molecule has 1 aromatic heterocycles. The fraction of sp³-hybridized carbons (Fsp3) is 0.433.